The van der Waals surface area contributed by atoms with Gasteiger partial charge in [0, 0.05) is 17.8 Å². The van der Waals surface area contributed by atoms with Crippen LogP contribution in [0.1, 0.15) is 30.1 Å². The van der Waals surface area contributed by atoms with Crippen molar-refractivity contribution in [3.63, 3.8) is 0 Å². The van der Waals surface area contributed by atoms with E-state index in [9.17, 15) is 9.59 Å². The number of ether oxygens (including phenoxy) is 2. The molecule has 21 heavy (non-hydrogen) atoms. The van der Waals surface area contributed by atoms with Crippen LogP contribution >= 0.6 is 0 Å². The first-order valence-corrected chi connectivity index (χ1v) is 6.97. The van der Waals surface area contributed by atoms with Gasteiger partial charge in [-0.3, -0.25) is 9.59 Å². The SMILES string of the molecule is CCOC(=O)CN(C(=O)c1ccc(OC)cc1N)C1CC1. The maximum Gasteiger partial charge on any atom is 0.325 e. The van der Waals surface area contributed by atoms with Crippen LogP contribution in [0.5, 0.6) is 5.75 Å². The maximum atomic E-state index is 12.6. The molecule has 0 unspecified atom stereocenters. The van der Waals surface area contributed by atoms with Crippen LogP contribution in [0.3, 0.4) is 0 Å². The van der Waals surface area contributed by atoms with Crippen molar-refractivity contribution in [2.24, 2.45) is 0 Å². The number of anilines is 1. The lowest BCUT2D eigenvalue weighted by Crippen LogP contribution is -2.38. The number of nitrogen functional groups attached to an aromatic ring is 1. The Morgan fingerprint density at radius 1 is 1.38 bits per heavy atom. The minimum Gasteiger partial charge on any atom is -0.497 e. The average molecular weight is 292 g/mol. The van der Waals surface area contributed by atoms with Gasteiger partial charge in [-0.1, -0.05) is 0 Å². The van der Waals surface area contributed by atoms with Gasteiger partial charge >= 0.3 is 5.97 Å². The zero-order chi connectivity index (χ0) is 15.4. The molecule has 0 spiro atoms. The van der Waals surface area contributed by atoms with Gasteiger partial charge < -0.3 is 20.1 Å². The summed E-state index contributed by atoms with van der Waals surface area (Å²) in [4.78, 5) is 25.8. The van der Waals surface area contributed by atoms with E-state index in [4.69, 9.17) is 15.2 Å². The van der Waals surface area contributed by atoms with Crippen molar-refractivity contribution in [1.29, 1.82) is 0 Å². The second-order valence-corrected chi connectivity index (χ2v) is 4.92. The number of nitrogens with two attached hydrogens (primary N) is 1. The van der Waals surface area contributed by atoms with Crippen LogP contribution in [-0.4, -0.2) is 43.1 Å². The third-order valence-corrected chi connectivity index (χ3v) is 3.34. The van der Waals surface area contributed by atoms with E-state index < -0.39 is 5.97 Å². The third-order valence-electron chi connectivity index (χ3n) is 3.34. The summed E-state index contributed by atoms with van der Waals surface area (Å²) < 4.78 is 9.99. The Morgan fingerprint density at radius 3 is 2.62 bits per heavy atom. The maximum absolute atomic E-state index is 12.6. The van der Waals surface area contributed by atoms with Crippen LogP contribution in [0.2, 0.25) is 0 Å². The molecular weight excluding hydrogens is 272 g/mol. The lowest BCUT2D eigenvalue weighted by molar-refractivity contribution is -0.144. The van der Waals surface area contributed by atoms with Crippen LogP contribution in [0.25, 0.3) is 0 Å². The molecule has 1 amide bonds. The first kappa shape index (κ1) is 15.2. The van der Waals surface area contributed by atoms with Crippen molar-refractivity contribution in [2.45, 2.75) is 25.8 Å². The van der Waals surface area contributed by atoms with Gasteiger partial charge in [-0.05, 0) is 31.9 Å². The Balaban J connectivity index is 2.16. The summed E-state index contributed by atoms with van der Waals surface area (Å²) in [6.07, 6.45) is 1.81. The second kappa shape index (κ2) is 6.47. The molecule has 1 fully saturated rings. The molecule has 0 aliphatic heterocycles. The summed E-state index contributed by atoms with van der Waals surface area (Å²) in [5.74, 6) is -0.0528. The molecule has 1 aromatic carbocycles. The number of hydrogen-bond donors (Lipinski definition) is 1. The van der Waals surface area contributed by atoms with Gasteiger partial charge in [0.2, 0.25) is 0 Å². The highest BCUT2D eigenvalue weighted by Crippen LogP contribution is 2.30. The van der Waals surface area contributed by atoms with Crippen LogP contribution < -0.4 is 10.5 Å². The molecule has 0 radical (unpaired) electrons. The van der Waals surface area contributed by atoms with Crippen LogP contribution in [0.15, 0.2) is 18.2 Å². The first-order chi connectivity index (χ1) is 10.1. The largest absolute Gasteiger partial charge is 0.497 e. The Hall–Kier alpha value is -2.24. The Labute approximate surface area is 123 Å². The fraction of sp³-hybridized carbons (Fsp3) is 0.467. The van der Waals surface area contributed by atoms with E-state index in [0.717, 1.165) is 12.8 Å². The summed E-state index contributed by atoms with van der Waals surface area (Å²) in [7, 11) is 1.54. The summed E-state index contributed by atoms with van der Waals surface area (Å²) >= 11 is 0. The fourth-order valence-electron chi connectivity index (χ4n) is 2.12. The zero-order valence-electron chi connectivity index (χ0n) is 12.3. The van der Waals surface area contributed by atoms with E-state index in [0.29, 0.717) is 23.6 Å². The van der Waals surface area contributed by atoms with Gasteiger partial charge in [-0.25, -0.2) is 0 Å². The lowest BCUT2D eigenvalue weighted by Gasteiger charge is -2.22. The number of carbonyl (C=O) groups is 2. The fourth-order valence-corrected chi connectivity index (χ4v) is 2.12. The molecule has 1 aliphatic carbocycles. The van der Waals surface area contributed by atoms with Crippen molar-refractivity contribution in [1.82, 2.24) is 4.90 Å². The predicted octanol–water partition coefficient (Wildman–Crippen LogP) is 1.45. The average Bonchev–Trinajstić information content (AvgIpc) is 3.28. The number of amides is 1. The van der Waals surface area contributed by atoms with Crippen LogP contribution in [0.4, 0.5) is 5.69 Å². The monoisotopic (exact) mass is 292 g/mol. The highest BCUT2D eigenvalue weighted by atomic mass is 16.5. The molecule has 6 nitrogen and oxygen atoms in total. The van der Waals surface area contributed by atoms with Gasteiger partial charge in [-0.15, -0.1) is 0 Å². The van der Waals surface area contributed by atoms with Crippen molar-refractivity contribution < 1.29 is 19.1 Å². The van der Waals surface area contributed by atoms with E-state index >= 15 is 0 Å². The molecule has 0 heterocycles. The molecule has 0 atom stereocenters. The second-order valence-electron chi connectivity index (χ2n) is 4.92. The number of esters is 1. The van der Waals surface area contributed by atoms with E-state index in [2.05, 4.69) is 0 Å². The van der Waals surface area contributed by atoms with E-state index in [1.165, 1.54) is 12.0 Å². The Kier molecular flexibility index (Phi) is 4.67. The topological polar surface area (TPSA) is 81.9 Å². The predicted molar refractivity (Wildman–Crippen MR) is 78.1 cm³/mol. The number of benzene rings is 1. The van der Waals surface area contributed by atoms with E-state index in [-0.39, 0.29) is 18.5 Å². The quantitative estimate of drug-likeness (QED) is 0.634. The Bertz CT molecular complexity index is 540. The molecule has 1 aromatic rings. The van der Waals surface area contributed by atoms with Gasteiger partial charge in [0.25, 0.3) is 5.91 Å². The van der Waals surface area contributed by atoms with Crippen LogP contribution in [-0.2, 0) is 9.53 Å². The number of carbonyl (C=O) groups excluding carboxylic acids is 2. The summed E-state index contributed by atoms with van der Waals surface area (Å²) in [5, 5.41) is 0. The van der Waals surface area contributed by atoms with Crippen LogP contribution in [0, 0.1) is 0 Å². The standard InChI is InChI=1S/C15H20N2O4/c1-3-21-14(18)9-17(10-4-5-10)15(19)12-7-6-11(20-2)8-13(12)16/h6-8,10H,3-5,9,16H2,1-2H3. The summed E-state index contributed by atoms with van der Waals surface area (Å²) in [6, 6.07) is 5.00. The molecule has 114 valence electrons. The molecule has 1 aliphatic rings. The van der Waals surface area contributed by atoms with Crippen molar-refractivity contribution in [3.8, 4) is 5.75 Å². The number of hydrogen-bond acceptors (Lipinski definition) is 5. The van der Waals surface area contributed by atoms with Gasteiger partial charge in [0.15, 0.2) is 0 Å². The lowest BCUT2D eigenvalue weighted by atomic mass is 10.1. The first-order valence-electron chi connectivity index (χ1n) is 6.97. The number of methoxy groups -OCH3 is 1. The molecule has 6 heteroatoms. The molecule has 2 N–H and O–H groups in total. The van der Waals surface area contributed by atoms with E-state index in [1.807, 2.05) is 0 Å². The highest BCUT2D eigenvalue weighted by Gasteiger charge is 2.35. The van der Waals surface area contributed by atoms with Crippen molar-refractivity contribution >= 4 is 17.6 Å². The highest BCUT2D eigenvalue weighted by molar-refractivity contribution is 6.01. The summed E-state index contributed by atoms with van der Waals surface area (Å²) in [6.45, 7) is 2.00. The minimum atomic E-state index is -0.398. The van der Waals surface area contributed by atoms with Crippen molar-refractivity contribution in [2.75, 3.05) is 26.0 Å². The van der Waals surface area contributed by atoms with Gasteiger partial charge in [-0.2, -0.15) is 0 Å². The molecule has 0 saturated heterocycles. The molecule has 0 bridgehead atoms. The number of nitrogens with zero attached hydrogens (tertiary/aromatic N) is 1. The molecule has 0 aromatic heterocycles. The third kappa shape index (κ3) is 3.65. The van der Waals surface area contributed by atoms with Gasteiger partial charge in [0.1, 0.15) is 12.3 Å². The minimum absolute atomic E-state index is 0.0389. The summed E-state index contributed by atoms with van der Waals surface area (Å²) in [5.41, 5.74) is 6.63. The molecular formula is C15H20N2O4. The Morgan fingerprint density at radius 2 is 2.10 bits per heavy atom. The van der Waals surface area contributed by atoms with Gasteiger partial charge in [0.05, 0.1) is 19.3 Å². The smallest absolute Gasteiger partial charge is 0.325 e. The molecule has 2 rings (SSSR count). The van der Waals surface area contributed by atoms with Crippen molar-refractivity contribution in [3.05, 3.63) is 23.8 Å². The zero-order valence-corrected chi connectivity index (χ0v) is 12.3. The van der Waals surface area contributed by atoms with E-state index in [1.54, 1.807) is 25.1 Å². The normalized spacial score (nSPS) is 13.6. The molecule has 1 saturated carbocycles. The number of rotatable bonds is 6.